The molecule has 2 fully saturated rings. The summed E-state index contributed by atoms with van der Waals surface area (Å²) in [5, 5.41) is 4.75. The van der Waals surface area contributed by atoms with E-state index in [1.165, 1.54) is 47.8 Å². The van der Waals surface area contributed by atoms with Gasteiger partial charge < -0.3 is 11.1 Å². The van der Waals surface area contributed by atoms with Crippen LogP contribution in [0.5, 0.6) is 0 Å². The van der Waals surface area contributed by atoms with Gasteiger partial charge in [-0.3, -0.25) is 4.90 Å². The van der Waals surface area contributed by atoms with Crippen LogP contribution in [0.1, 0.15) is 44.1 Å². The molecule has 0 spiro atoms. The monoisotopic (exact) mass is 266 g/mol. The van der Waals surface area contributed by atoms with E-state index in [9.17, 15) is 0 Å². The van der Waals surface area contributed by atoms with E-state index in [1.54, 1.807) is 0 Å². The fourth-order valence-corrected chi connectivity index (χ4v) is 3.24. The molecular formula is C13H22N4S. The standard InChI is InChI=1S/C13H22N4S/c1-8(17(2)10-5-6-10)7-15-13-11(9-3-4-9)12(14)16-18-13/h8-10,15H,3-7H2,1-2H3,(H2,14,16). The van der Waals surface area contributed by atoms with Gasteiger partial charge >= 0.3 is 0 Å². The average molecular weight is 266 g/mol. The van der Waals surface area contributed by atoms with Crippen molar-refractivity contribution in [1.29, 1.82) is 0 Å². The third kappa shape index (κ3) is 2.47. The molecule has 0 amide bonds. The molecule has 2 aliphatic rings. The van der Waals surface area contributed by atoms with Crippen LogP contribution in [0.2, 0.25) is 0 Å². The number of anilines is 2. The Morgan fingerprint density at radius 2 is 2.17 bits per heavy atom. The van der Waals surface area contributed by atoms with Crippen molar-refractivity contribution >= 4 is 22.4 Å². The Bertz CT molecular complexity index is 423. The van der Waals surface area contributed by atoms with E-state index in [-0.39, 0.29) is 0 Å². The topological polar surface area (TPSA) is 54.2 Å². The molecule has 3 rings (SSSR count). The number of likely N-dealkylation sites (N-methyl/N-ethyl adjacent to an activating group) is 1. The maximum Gasteiger partial charge on any atom is 0.142 e. The molecule has 2 aliphatic carbocycles. The van der Waals surface area contributed by atoms with Gasteiger partial charge in [0.1, 0.15) is 10.8 Å². The van der Waals surface area contributed by atoms with E-state index >= 15 is 0 Å². The van der Waals surface area contributed by atoms with E-state index in [0.717, 1.165) is 18.4 Å². The van der Waals surface area contributed by atoms with Gasteiger partial charge in [-0.2, -0.15) is 4.37 Å². The molecule has 2 saturated carbocycles. The molecule has 0 aromatic carbocycles. The second kappa shape index (κ2) is 4.70. The molecule has 0 radical (unpaired) electrons. The van der Waals surface area contributed by atoms with Gasteiger partial charge in [0.05, 0.1) is 0 Å². The Kier molecular flexibility index (Phi) is 3.20. The smallest absolute Gasteiger partial charge is 0.142 e. The summed E-state index contributed by atoms with van der Waals surface area (Å²) >= 11 is 1.52. The third-order valence-electron chi connectivity index (χ3n) is 4.12. The number of nitrogens with two attached hydrogens (primary N) is 1. The summed E-state index contributed by atoms with van der Waals surface area (Å²) in [5.74, 6) is 1.41. The van der Waals surface area contributed by atoms with Crippen molar-refractivity contribution in [2.75, 3.05) is 24.6 Å². The van der Waals surface area contributed by atoms with Crippen LogP contribution in [0.4, 0.5) is 10.8 Å². The van der Waals surface area contributed by atoms with Crippen molar-refractivity contribution in [1.82, 2.24) is 9.27 Å². The van der Waals surface area contributed by atoms with Gasteiger partial charge in [0.25, 0.3) is 0 Å². The SMILES string of the molecule is CC(CNc1snc(N)c1C1CC1)N(C)C1CC1. The lowest BCUT2D eigenvalue weighted by Gasteiger charge is -2.24. The number of hydrogen-bond donors (Lipinski definition) is 2. The Morgan fingerprint density at radius 3 is 2.78 bits per heavy atom. The minimum Gasteiger partial charge on any atom is -0.383 e. The third-order valence-corrected chi connectivity index (χ3v) is 4.95. The molecule has 100 valence electrons. The first-order valence-corrected chi connectivity index (χ1v) is 7.65. The maximum atomic E-state index is 5.96. The highest BCUT2D eigenvalue weighted by atomic mass is 32.1. The summed E-state index contributed by atoms with van der Waals surface area (Å²) in [7, 11) is 2.23. The molecule has 4 nitrogen and oxygen atoms in total. The summed E-state index contributed by atoms with van der Waals surface area (Å²) in [5.41, 5.74) is 7.23. The van der Waals surface area contributed by atoms with Crippen LogP contribution < -0.4 is 11.1 Å². The van der Waals surface area contributed by atoms with Crippen LogP contribution in [0.3, 0.4) is 0 Å². The molecule has 1 aromatic heterocycles. The van der Waals surface area contributed by atoms with Crippen molar-refractivity contribution in [3.8, 4) is 0 Å². The molecule has 5 heteroatoms. The van der Waals surface area contributed by atoms with E-state index in [1.807, 2.05) is 0 Å². The number of nitrogens with one attached hydrogen (secondary N) is 1. The first kappa shape index (κ1) is 12.2. The Balaban J connectivity index is 1.59. The van der Waals surface area contributed by atoms with Crippen LogP contribution in [0.25, 0.3) is 0 Å². The second-order valence-corrected chi connectivity index (χ2v) is 6.48. The van der Waals surface area contributed by atoms with Crippen molar-refractivity contribution in [2.24, 2.45) is 0 Å². The lowest BCUT2D eigenvalue weighted by molar-refractivity contribution is 0.257. The summed E-state index contributed by atoms with van der Waals surface area (Å²) in [6.45, 7) is 3.26. The van der Waals surface area contributed by atoms with E-state index < -0.39 is 0 Å². The highest BCUT2D eigenvalue weighted by Gasteiger charge is 2.31. The van der Waals surface area contributed by atoms with Gasteiger partial charge in [0.15, 0.2) is 0 Å². The maximum absolute atomic E-state index is 5.96. The van der Waals surface area contributed by atoms with Crippen molar-refractivity contribution in [3.63, 3.8) is 0 Å². The highest BCUT2D eigenvalue weighted by Crippen LogP contribution is 2.47. The number of hydrogen-bond acceptors (Lipinski definition) is 5. The fourth-order valence-electron chi connectivity index (χ4n) is 2.43. The Morgan fingerprint density at radius 1 is 1.44 bits per heavy atom. The number of nitrogen functional groups attached to an aromatic ring is 1. The summed E-state index contributed by atoms with van der Waals surface area (Å²) < 4.78 is 4.29. The van der Waals surface area contributed by atoms with Crippen molar-refractivity contribution < 1.29 is 0 Å². The minimum atomic E-state index is 0.563. The van der Waals surface area contributed by atoms with Gasteiger partial charge in [-0.1, -0.05) is 0 Å². The summed E-state index contributed by atoms with van der Waals surface area (Å²) in [6.07, 6.45) is 5.27. The molecular weight excluding hydrogens is 244 g/mol. The second-order valence-electron chi connectivity index (χ2n) is 5.71. The molecule has 0 aliphatic heterocycles. The van der Waals surface area contributed by atoms with E-state index in [0.29, 0.717) is 12.0 Å². The molecule has 1 heterocycles. The van der Waals surface area contributed by atoms with Crippen LogP contribution in [-0.2, 0) is 0 Å². The van der Waals surface area contributed by atoms with Gasteiger partial charge in [-0.25, -0.2) is 0 Å². The predicted octanol–water partition coefficient (Wildman–Crippen LogP) is 2.50. The molecule has 1 atom stereocenters. The predicted molar refractivity (Wildman–Crippen MR) is 77.2 cm³/mol. The lowest BCUT2D eigenvalue weighted by atomic mass is 10.2. The number of nitrogens with zero attached hydrogens (tertiary/aromatic N) is 2. The fraction of sp³-hybridized carbons (Fsp3) is 0.769. The van der Waals surface area contributed by atoms with Crippen molar-refractivity contribution in [3.05, 3.63) is 5.56 Å². The van der Waals surface area contributed by atoms with Gasteiger partial charge in [0, 0.05) is 24.2 Å². The Hall–Kier alpha value is -0.810. The zero-order chi connectivity index (χ0) is 12.7. The largest absolute Gasteiger partial charge is 0.383 e. The zero-order valence-electron chi connectivity index (χ0n) is 11.1. The minimum absolute atomic E-state index is 0.563. The van der Waals surface area contributed by atoms with Crippen molar-refractivity contribution in [2.45, 2.75) is 50.6 Å². The highest BCUT2D eigenvalue weighted by molar-refractivity contribution is 7.10. The van der Waals surface area contributed by atoms with Gasteiger partial charge in [-0.05, 0) is 57.1 Å². The van der Waals surface area contributed by atoms with E-state index in [2.05, 4.69) is 28.6 Å². The van der Waals surface area contributed by atoms with Gasteiger partial charge in [0.2, 0.25) is 0 Å². The zero-order valence-corrected chi connectivity index (χ0v) is 12.0. The molecule has 0 saturated heterocycles. The molecule has 1 aromatic rings. The van der Waals surface area contributed by atoms with Gasteiger partial charge in [-0.15, -0.1) is 0 Å². The quantitative estimate of drug-likeness (QED) is 0.830. The van der Waals surface area contributed by atoms with Crippen LogP contribution in [-0.4, -0.2) is 34.9 Å². The number of aromatic nitrogens is 1. The first-order valence-electron chi connectivity index (χ1n) is 6.87. The normalized spacial score (nSPS) is 21.3. The Labute approximate surface area is 113 Å². The molecule has 1 unspecified atom stereocenters. The van der Waals surface area contributed by atoms with Crippen LogP contribution >= 0.6 is 11.5 Å². The summed E-state index contributed by atoms with van der Waals surface area (Å²) in [4.78, 5) is 2.48. The van der Waals surface area contributed by atoms with Crippen LogP contribution in [0.15, 0.2) is 0 Å². The number of rotatable bonds is 6. The molecule has 3 N–H and O–H groups in total. The average Bonchev–Trinajstić information content (AvgIpc) is 3.24. The molecule has 18 heavy (non-hydrogen) atoms. The summed E-state index contributed by atoms with van der Waals surface area (Å²) in [6, 6.07) is 1.38. The first-order chi connectivity index (χ1) is 8.66. The lowest BCUT2D eigenvalue weighted by Crippen LogP contribution is -2.36. The van der Waals surface area contributed by atoms with E-state index in [4.69, 9.17) is 5.73 Å². The van der Waals surface area contributed by atoms with Crippen LogP contribution in [0, 0.1) is 0 Å². The molecule has 0 bridgehead atoms.